The van der Waals surface area contributed by atoms with Gasteiger partial charge in [0.1, 0.15) is 5.69 Å². The number of hydrogen-bond acceptors (Lipinski definition) is 3. The van der Waals surface area contributed by atoms with Crippen molar-refractivity contribution in [3.05, 3.63) is 21.0 Å². The van der Waals surface area contributed by atoms with Gasteiger partial charge in [0, 0.05) is 0 Å². The Bertz CT molecular complexity index is 283. The smallest absolute Gasteiger partial charge is 0.274 e. The number of aryl methyl sites for hydroxylation is 1. The molecule has 0 atom stereocenters. The third kappa shape index (κ3) is 1.32. The highest BCUT2D eigenvalue weighted by Gasteiger charge is 2.20. The molecular formula is C5H6ClN3O2. The SMILES string of the molecule is CCc1[nH]nc(Cl)c1[N+](=O)[O-]. The Hall–Kier alpha value is -1.10. The van der Waals surface area contributed by atoms with E-state index in [1.54, 1.807) is 6.92 Å². The van der Waals surface area contributed by atoms with Gasteiger partial charge in [-0.3, -0.25) is 15.2 Å². The van der Waals surface area contributed by atoms with Gasteiger partial charge < -0.3 is 0 Å². The van der Waals surface area contributed by atoms with Crippen LogP contribution in [0, 0.1) is 10.1 Å². The second kappa shape index (κ2) is 2.87. The number of halogens is 1. The van der Waals surface area contributed by atoms with Crippen molar-refractivity contribution in [3.63, 3.8) is 0 Å². The van der Waals surface area contributed by atoms with Gasteiger partial charge in [-0.1, -0.05) is 18.5 Å². The molecule has 0 fully saturated rings. The number of nitrogens with one attached hydrogen (secondary N) is 1. The first kappa shape index (κ1) is 8.00. The van der Waals surface area contributed by atoms with Crippen molar-refractivity contribution in [1.29, 1.82) is 0 Å². The van der Waals surface area contributed by atoms with Crippen LogP contribution in [-0.2, 0) is 6.42 Å². The predicted molar refractivity (Wildman–Crippen MR) is 39.6 cm³/mol. The Labute approximate surface area is 67.5 Å². The Kier molecular flexibility index (Phi) is 2.09. The first-order valence-corrected chi connectivity index (χ1v) is 3.41. The Morgan fingerprint density at radius 3 is 2.82 bits per heavy atom. The second-order valence-electron chi connectivity index (χ2n) is 1.95. The van der Waals surface area contributed by atoms with Gasteiger partial charge in [0.2, 0.25) is 5.15 Å². The Morgan fingerprint density at radius 1 is 1.82 bits per heavy atom. The molecule has 6 heteroatoms. The van der Waals surface area contributed by atoms with Crippen molar-refractivity contribution in [2.24, 2.45) is 0 Å². The summed E-state index contributed by atoms with van der Waals surface area (Å²) in [5, 5.41) is 16.2. The van der Waals surface area contributed by atoms with Gasteiger partial charge in [0.25, 0.3) is 0 Å². The average molecular weight is 176 g/mol. The van der Waals surface area contributed by atoms with Crippen LogP contribution in [0.5, 0.6) is 0 Å². The molecule has 0 amide bonds. The topological polar surface area (TPSA) is 71.8 Å². The van der Waals surface area contributed by atoms with Gasteiger partial charge in [-0.25, -0.2) is 0 Å². The summed E-state index contributed by atoms with van der Waals surface area (Å²) < 4.78 is 0. The van der Waals surface area contributed by atoms with E-state index in [-0.39, 0.29) is 10.8 Å². The lowest BCUT2D eigenvalue weighted by Gasteiger charge is -1.88. The monoisotopic (exact) mass is 175 g/mol. The Morgan fingerprint density at radius 2 is 2.45 bits per heavy atom. The molecule has 1 rings (SSSR count). The van der Waals surface area contributed by atoms with Crippen LogP contribution in [0.1, 0.15) is 12.6 Å². The molecule has 1 aromatic rings. The highest BCUT2D eigenvalue weighted by molar-refractivity contribution is 6.31. The zero-order chi connectivity index (χ0) is 8.43. The highest BCUT2D eigenvalue weighted by atomic mass is 35.5. The maximum Gasteiger partial charge on any atom is 0.328 e. The maximum absolute atomic E-state index is 10.3. The average Bonchev–Trinajstić information content (AvgIpc) is 2.30. The van der Waals surface area contributed by atoms with Crippen molar-refractivity contribution in [3.8, 4) is 0 Å². The quantitative estimate of drug-likeness (QED) is 0.547. The molecule has 11 heavy (non-hydrogen) atoms. The standard InChI is InChI=1S/C5H6ClN3O2/c1-2-3-4(9(10)11)5(6)8-7-3/h2H2,1H3,(H,7,8). The van der Waals surface area contributed by atoms with Crippen molar-refractivity contribution < 1.29 is 4.92 Å². The summed E-state index contributed by atoms with van der Waals surface area (Å²) >= 11 is 5.43. The third-order valence-corrected chi connectivity index (χ3v) is 1.57. The van der Waals surface area contributed by atoms with E-state index in [1.165, 1.54) is 0 Å². The van der Waals surface area contributed by atoms with Crippen LogP contribution in [0.2, 0.25) is 5.15 Å². The van der Waals surface area contributed by atoms with E-state index in [1.807, 2.05) is 0 Å². The molecule has 0 aliphatic rings. The van der Waals surface area contributed by atoms with E-state index in [4.69, 9.17) is 11.6 Å². The molecule has 0 unspecified atom stereocenters. The van der Waals surface area contributed by atoms with E-state index < -0.39 is 4.92 Å². The molecule has 0 radical (unpaired) electrons. The van der Waals surface area contributed by atoms with Crippen LogP contribution >= 0.6 is 11.6 Å². The fourth-order valence-electron chi connectivity index (χ4n) is 0.779. The van der Waals surface area contributed by atoms with Crippen LogP contribution in [0.25, 0.3) is 0 Å². The lowest BCUT2D eigenvalue weighted by molar-refractivity contribution is -0.385. The van der Waals surface area contributed by atoms with Crippen LogP contribution in [0.3, 0.4) is 0 Å². The number of aromatic nitrogens is 2. The molecular weight excluding hydrogens is 170 g/mol. The van der Waals surface area contributed by atoms with Gasteiger partial charge in [0.15, 0.2) is 0 Å². The molecule has 60 valence electrons. The number of H-pyrrole nitrogens is 1. The fourth-order valence-corrected chi connectivity index (χ4v) is 1.00. The summed E-state index contributed by atoms with van der Waals surface area (Å²) in [5.41, 5.74) is 0.342. The van der Waals surface area contributed by atoms with Crippen LogP contribution in [0.15, 0.2) is 0 Å². The van der Waals surface area contributed by atoms with Crippen molar-refractivity contribution in [1.82, 2.24) is 10.2 Å². The molecule has 1 N–H and O–H groups in total. The van der Waals surface area contributed by atoms with Crippen LogP contribution < -0.4 is 0 Å². The first-order chi connectivity index (χ1) is 5.16. The Balaban J connectivity index is 3.17. The summed E-state index contributed by atoms with van der Waals surface area (Å²) in [5.74, 6) is 0. The van der Waals surface area contributed by atoms with E-state index in [0.29, 0.717) is 12.1 Å². The molecule has 0 saturated heterocycles. The molecule has 1 aromatic heterocycles. The van der Waals surface area contributed by atoms with E-state index in [0.717, 1.165) is 0 Å². The van der Waals surface area contributed by atoms with Crippen LogP contribution in [-0.4, -0.2) is 15.1 Å². The largest absolute Gasteiger partial charge is 0.328 e. The summed E-state index contributed by atoms with van der Waals surface area (Å²) in [6.07, 6.45) is 0.524. The lowest BCUT2D eigenvalue weighted by atomic mass is 10.3. The number of hydrogen-bond donors (Lipinski definition) is 1. The van der Waals surface area contributed by atoms with Crippen molar-refractivity contribution in [2.75, 3.05) is 0 Å². The lowest BCUT2D eigenvalue weighted by Crippen LogP contribution is -1.91. The zero-order valence-corrected chi connectivity index (χ0v) is 6.55. The maximum atomic E-state index is 10.3. The normalized spacial score (nSPS) is 10.0. The van der Waals surface area contributed by atoms with Gasteiger partial charge in [-0.05, 0) is 6.42 Å². The third-order valence-electron chi connectivity index (χ3n) is 1.31. The summed E-state index contributed by atoms with van der Waals surface area (Å²) in [4.78, 5) is 9.79. The molecule has 1 heterocycles. The summed E-state index contributed by atoms with van der Waals surface area (Å²) in [6.45, 7) is 1.79. The highest BCUT2D eigenvalue weighted by Crippen LogP contribution is 2.25. The molecule has 0 aliphatic carbocycles. The predicted octanol–water partition coefficient (Wildman–Crippen LogP) is 1.53. The fraction of sp³-hybridized carbons (Fsp3) is 0.400. The number of nitro groups is 1. The van der Waals surface area contributed by atoms with Gasteiger partial charge in [-0.2, -0.15) is 5.10 Å². The van der Waals surface area contributed by atoms with E-state index in [2.05, 4.69) is 10.2 Å². The summed E-state index contributed by atoms with van der Waals surface area (Å²) in [6, 6.07) is 0. The molecule has 0 spiro atoms. The van der Waals surface area contributed by atoms with Crippen LogP contribution in [0.4, 0.5) is 5.69 Å². The van der Waals surface area contributed by atoms with Crippen molar-refractivity contribution >= 4 is 17.3 Å². The van der Waals surface area contributed by atoms with E-state index in [9.17, 15) is 10.1 Å². The molecule has 0 saturated carbocycles. The number of aromatic amines is 1. The number of nitrogens with zero attached hydrogens (tertiary/aromatic N) is 2. The first-order valence-electron chi connectivity index (χ1n) is 3.04. The minimum atomic E-state index is -0.537. The minimum Gasteiger partial charge on any atom is -0.274 e. The molecule has 5 nitrogen and oxygen atoms in total. The van der Waals surface area contributed by atoms with Gasteiger partial charge in [0.05, 0.1) is 4.92 Å². The van der Waals surface area contributed by atoms with E-state index >= 15 is 0 Å². The minimum absolute atomic E-state index is 0.0770. The van der Waals surface area contributed by atoms with Gasteiger partial charge >= 0.3 is 5.69 Å². The van der Waals surface area contributed by atoms with Crippen molar-refractivity contribution in [2.45, 2.75) is 13.3 Å². The zero-order valence-electron chi connectivity index (χ0n) is 5.80. The van der Waals surface area contributed by atoms with Gasteiger partial charge in [-0.15, -0.1) is 0 Å². The molecule has 0 aromatic carbocycles. The summed E-state index contributed by atoms with van der Waals surface area (Å²) in [7, 11) is 0. The molecule has 0 bridgehead atoms. The second-order valence-corrected chi connectivity index (χ2v) is 2.31. The number of rotatable bonds is 2. The molecule has 0 aliphatic heterocycles.